The molecule has 2 fully saturated rings. The molecule has 58 valence electrons. The van der Waals surface area contributed by atoms with Gasteiger partial charge in [0.2, 0.25) is 0 Å². The zero-order valence-corrected chi connectivity index (χ0v) is 7.35. The predicted octanol–water partition coefficient (Wildman–Crippen LogP) is 1.75. The summed E-state index contributed by atoms with van der Waals surface area (Å²) in [5.41, 5.74) is 0. The summed E-state index contributed by atoms with van der Waals surface area (Å²) in [6.45, 7) is 0. The topological polar surface area (TPSA) is 3.24 Å². The van der Waals surface area contributed by atoms with E-state index >= 15 is 0 Å². The van der Waals surface area contributed by atoms with Gasteiger partial charge in [-0.05, 0) is 38.6 Å². The second kappa shape index (κ2) is 2.42. The fourth-order valence-corrected chi connectivity index (χ4v) is 2.83. The third kappa shape index (κ3) is 0.978. The zero-order valence-electron chi connectivity index (χ0n) is 6.45. The quantitative estimate of drug-likeness (QED) is 0.524. The highest BCUT2D eigenvalue weighted by Gasteiger charge is 2.36. The minimum atomic E-state index is 0.547. The molecule has 0 aromatic carbocycles. The molecule has 3 unspecified atom stereocenters. The minimum Gasteiger partial charge on any atom is -0.292 e. The van der Waals surface area contributed by atoms with E-state index in [0.29, 0.717) is 5.37 Å². The highest BCUT2D eigenvalue weighted by molar-refractivity contribution is 7.80. The maximum Gasteiger partial charge on any atom is 0.0530 e. The van der Waals surface area contributed by atoms with Gasteiger partial charge in [0.25, 0.3) is 0 Å². The Labute approximate surface area is 68.2 Å². The van der Waals surface area contributed by atoms with Gasteiger partial charge in [0.1, 0.15) is 0 Å². The Hall–Kier alpha value is 0.310. The van der Waals surface area contributed by atoms with Crippen molar-refractivity contribution in [2.24, 2.45) is 5.92 Å². The molecule has 10 heavy (non-hydrogen) atoms. The third-order valence-electron chi connectivity index (χ3n) is 3.10. The van der Waals surface area contributed by atoms with Crippen LogP contribution in [-0.4, -0.2) is 23.4 Å². The minimum absolute atomic E-state index is 0.547. The number of piperidine rings is 1. The van der Waals surface area contributed by atoms with Gasteiger partial charge in [-0.15, -0.1) is 0 Å². The molecule has 3 atom stereocenters. The summed E-state index contributed by atoms with van der Waals surface area (Å²) in [5, 5.41) is 0.547. The Morgan fingerprint density at radius 3 is 2.90 bits per heavy atom. The lowest BCUT2D eigenvalue weighted by Gasteiger charge is -2.34. The summed E-state index contributed by atoms with van der Waals surface area (Å²) in [7, 11) is 2.21. The predicted molar refractivity (Wildman–Crippen MR) is 46.3 cm³/mol. The molecule has 2 bridgehead atoms. The van der Waals surface area contributed by atoms with Gasteiger partial charge in [0.05, 0.1) is 5.37 Å². The highest BCUT2D eigenvalue weighted by Crippen LogP contribution is 2.39. The van der Waals surface area contributed by atoms with Crippen molar-refractivity contribution < 1.29 is 0 Å². The Morgan fingerprint density at radius 1 is 1.30 bits per heavy atom. The molecule has 0 amide bonds. The Bertz CT molecular complexity index is 137. The largest absolute Gasteiger partial charge is 0.292 e. The van der Waals surface area contributed by atoms with Crippen LogP contribution >= 0.6 is 12.6 Å². The van der Waals surface area contributed by atoms with E-state index in [2.05, 4.69) is 24.6 Å². The van der Waals surface area contributed by atoms with Crippen LogP contribution < -0.4 is 0 Å². The van der Waals surface area contributed by atoms with Crippen molar-refractivity contribution in [1.29, 1.82) is 0 Å². The molecule has 1 heterocycles. The lowest BCUT2D eigenvalue weighted by Crippen LogP contribution is -2.39. The molecule has 1 nitrogen and oxygen atoms in total. The van der Waals surface area contributed by atoms with Gasteiger partial charge in [0.15, 0.2) is 0 Å². The highest BCUT2D eigenvalue weighted by atomic mass is 32.1. The van der Waals surface area contributed by atoms with E-state index in [1.54, 1.807) is 0 Å². The molecular formula is C8H15NS. The van der Waals surface area contributed by atoms with E-state index in [9.17, 15) is 0 Å². The Balaban J connectivity index is 2.09. The number of fused-ring (bicyclic) bond motifs is 2. The van der Waals surface area contributed by atoms with Crippen LogP contribution in [0.3, 0.4) is 0 Å². The molecule has 2 aliphatic rings. The second-order valence-corrected chi connectivity index (χ2v) is 4.31. The molecule has 0 radical (unpaired) electrons. The van der Waals surface area contributed by atoms with Crippen LogP contribution in [0.25, 0.3) is 0 Å². The van der Waals surface area contributed by atoms with E-state index in [-0.39, 0.29) is 0 Å². The first-order valence-corrected chi connectivity index (χ1v) is 4.69. The number of nitrogens with zero attached hydrogens (tertiary/aromatic N) is 1. The second-order valence-electron chi connectivity index (χ2n) is 3.71. The van der Waals surface area contributed by atoms with Gasteiger partial charge < -0.3 is 0 Å². The summed E-state index contributed by atoms with van der Waals surface area (Å²) in [4.78, 5) is 2.44. The van der Waals surface area contributed by atoms with Crippen molar-refractivity contribution in [1.82, 2.24) is 4.90 Å². The van der Waals surface area contributed by atoms with Gasteiger partial charge in [-0.1, -0.05) is 0 Å². The van der Waals surface area contributed by atoms with Crippen LogP contribution in [-0.2, 0) is 0 Å². The molecule has 1 saturated carbocycles. The molecule has 0 N–H and O–H groups in total. The third-order valence-corrected chi connectivity index (χ3v) is 3.68. The van der Waals surface area contributed by atoms with Crippen molar-refractivity contribution in [3.05, 3.63) is 0 Å². The average Bonchev–Trinajstić information content (AvgIpc) is 2.29. The van der Waals surface area contributed by atoms with E-state index in [0.717, 1.165) is 12.0 Å². The summed E-state index contributed by atoms with van der Waals surface area (Å²) in [5.74, 6) is 1.00. The monoisotopic (exact) mass is 157 g/mol. The first kappa shape index (κ1) is 6.99. The van der Waals surface area contributed by atoms with E-state index in [4.69, 9.17) is 0 Å². The molecule has 0 spiro atoms. The molecule has 2 heteroatoms. The average molecular weight is 157 g/mol. The van der Waals surface area contributed by atoms with Crippen molar-refractivity contribution in [2.75, 3.05) is 7.05 Å². The maximum absolute atomic E-state index is 4.54. The Kier molecular flexibility index (Phi) is 1.69. The molecule has 0 aromatic rings. The first-order chi connectivity index (χ1) is 4.77. The standard InChI is InChI=1S/C8H15NS/c1-9-7-3-2-6(4-7)5-8(9)10/h6-8,10H,2-5H2,1H3. The summed E-state index contributed by atoms with van der Waals surface area (Å²) in [6.07, 6.45) is 5.62. The smallest absolute Gasteiger partial charge is 0.0530 e. The normalized spacial score (nSPS) is 48.0. The van der Waals surface area contributed by atoms with Gasteiger partial charge in [-0.3, -0.25) is 4.90 Å². The van der Waals surface area contributed by atoms with Crippen LogP contribution in [0.5, 0.6) is 0 Å². The van der Waals surface area contributed by atoms with E-state index in [1.807, 2.05) is 0 Å². The number of hydrogen-bond acceptors (Lipinski definition) is 2. The van der Waals surface area contributed by atoms with Crippen molar-refractivity contribution >= 4 is 12.6 Å². The van der Waals surface area contributed by atoms with Crippen LogP contribution in [0.15, 0.2) is 0 Å². The molecule has 2 rings (SSSR count). The van der Waals surface area contributed by atoms with Gasteiger partial charge >= 0.3 is 0 Å². The van der Waals surface area contributed by atoms with Crippen molar-refractivity contribution in [2.45, 2.75) is 37.1 Å². The van der Waals surface area contributed by atoms with Crippen molar-refractivity contribution in [3.8, 4) is 0 Å². The zero-order chi connectivity index (χ0) is 7.14. The lowest BCUT2D eigenvalue weighted by molar-refractivity contribution is 0.174. The molecule has 1 aliphatic heterocycles. The SMILES string of the molecule is CN1C(S)CC2CCC1C2. The first-order valence-electron chi connectivity index (χ1n) is 4.17. The van der Waals surface area contributed by atoms with E-state index < -0.39 is 0 Å². The van der Waals surface area contributed by atoms with Gasteiger partial charge in [0, 0.05) is 6.04 Å². The van der Waals surface area contributed by atoms with Crippen LogP contribution in [0.1, 0.15) is 25.7 Å². The number of hydrogen-bond donors (Lipinski definition) is 1. The molecule has 1 saturated heterocycles. The van der Waals surface area contributed by atoms with Gasteiger partial charge in [-0.2, -0.15) is 12.6 Å². The fraction of sp³-hybridized carbons (Fsp3) is 1.00. The summed E-state index contributed by atoms with van der Waals surface area (Å²) in [6, 6.07) is 0.862. The lowest BCUT2D eigenvalue weighted by atomic mass is 9.99. The summed E-state index contributed by atoms with van der Waals surface area (Å²) < 4.78 is 0. The number of rotatable bonds is 0. The molecule has 0 aromatic heterocycles. The molecule has 1 aliphatic carbocycles. The van der Waals surface area contributed by atoms with Crippen LogP contribution in [0.4, 0.5) is 0 Å². The maximum atomic E-state index is 4.54. The van der Waals surface area contributed by atoms with Crippen LogP contribution in [0.2, 0.25) is 0 Å². The molecular weight excluding hydrogens is 142 g/mol. The van der Waals surface area contributed by atoms with E-state index in [1.165, 1.54) is 25.7 Å². The van der Waals surface area contributed by atoms with Crippen molar-refractivity contribution in [3.63, 3.8) is 0 Å². The van der Waals surface area contributed by atoms with Crippen LogP contribution in [0, 0.1) is 5.92 Å². The summed E-state index contributed by atoms with van der Waals surface area (Å²) >= 11 is 4.54. The number of thiol groups is 1. The fourth-order valence-electron chi connectivity index (χ4n) is 2.34. The Morgan fingerprint density at radius 2 is 2.10 bits per heavy atom. The number of likely N-dealkylation sites (tertiary alicyclic amines) is 1. The van der Waals surface area contributed by atoms with Gasteiger partial charge in [-0.25, -0.2) is 0 Å².